The SMILES string of the molecule is CC(C)CC(N)CN(CC(C)C)C(C)C. The molecule has 2 N–H and O–H groups in total. The summed E-state index contributed by atoms with van der Waals surface area (Å²) in [4.78, 5) is 2.50. The minimum Gasteiger partial charge on any atom is -0.327 e. The molecule has 1 unspecified atom stereocenters. The van der Waals surface area contributed by atoms with Crippen molar-refractivity contribution in [3.8, 4) is 0 Å². The van der Waals surface area contributed by atoms with Crippen molar-refractivity contribution in [3.05, 3.63) is 0 Å². The number of hydrogen-bond donors (Lipinski definition) is 1. The molecule has 1 atom stereocenters. The number of nitrogens with zero attached hydrogens (tertiary/aromatic N) is 1. The van der Waals surface area contributed by atoms with Gasteiger partial charge in [-0.15, -0.1) is 0 Å². The van der Waals surface area contributed by atoms with Gasteiger partial charge in [-0.3, -0.25) is 4.90 Å². The molecule has 0 spiro atoms. The van der Waals surface area contributed by atoms with Gasteiger partial charge < -0.3 is 5.73 Å². The third-order valence-electron chi connectivity index (χ3n) is 2.57. The maximum absolute atomic E-state index is 6.15. The first-order valence-corrected chi connectivity index (χ1v) is 6.32. The van der Waals surface area contributed by atoms with Crippen molar-refractivity contribution in [2.24, 2.45) is 17.6 Å². The first kappa shape index (κ1) is 14.9. The highest BCUT2D eigenvalue weighted by Crippen LogP contribution is 2.09. The van der Waals surface area contributed by atoms with Gasteiger partial charge in [-0.25, -0.2) is 0 Å². The Balaban J connectivity index is 4.04. The molecular formula is C13H30N2. The van der Waals surface area contributed by atoms with Gasteiger partial charge in [0.1, 0.15) is 0 Å². The molecule has 0 fully saturated rings. The predicted molar refractivity (Wildman–Crippen MR) is 69.0 cm³/mol. The summed E-state index contributed by atoms with van der Waals surface area (Å²) in [5, 5.41) is 0. The van der Waals surface area contributed by atoms with E-state index in [9.17, 15) is 0 Å². The Morgan fingerprint density at radius 3 is 1.73 bits per heavy atom. The number of rotatable bonds is 7. The molecule has 92 valence electrons. The van der Waals surface area contributed by atoms with Gasteiger partial charge >= 0.3 is 0 Å². The summed E-state index contributed by atoms with van der Waals surface area (Å²) in [6.07, 6.45) is 1.13. The van der Waals surface area contributed by atoms with Crippen LogP contribution in [0.5, 0.6) is 0 Å². The van der Waals surface area contributed by atoms with Crippen molar-refractivity contribution in [2.75, 3.05) is 13.1 Å². The third kappa shape index (κ3) is 7.80. The lowest BCUT2D eigenvalue weighted by Gasteiger charge is -2.31. The van der Waals surface area contributed by atoms with E-state index in [1.54, 1.807) is 0 Å². The topological polar surface area (TPSA) is 29.3 Å². The van der Waals surface area contributed by atoms with Crippen molar-refractivity contribution in [2.45, 2.75) is 60.0 Å². The molecule has 2 nitrogen and oxygen atoms in total. The molecule has 0 saturated heterocycles. The van der Waals surface area contributed by atoms with Crippen LogP contribution in [0.25, 0.3) is 0 Å². The highest BCUT2D eigenvalue weighted by molar-refractivity contribution is 4.73. The zero-order chi connectivity index (χ0) is 12.0. The maximum Gasteiger partial charge on any atom is 0.0170 e. The van der Waals surface area contributed by atoms with Gasteiger partial charge in [0.25, 0.3) is 0 Å². The van der Waals surface area contributed by atoms with E-state index in [4.69, 9.17) is 5.73 Å². The average Bonchev–Trinajstić information content (AvgIpc) is 1.99. The van der Waals surface area contributed by atoms with E-state index in [1.807, 2.05) is 0 Å². The van der Waals surface area contributed by atoms with Gasteiger partial charge in [0.2, 0.25) is 0 Å². The van der Waals surface area contributed by atoms with Crippen LogP contribution in [0.3, 0.4) is 0 Å². The average molecular weight is 214 g/mol. The molecule has 0 aromatic rings. The Bertz CT molecular complexity index is 153. The minimum absolute atomic E-state index is 0.325. The number of nitrogens with two attached hydrogens (primary N) is 1. The van der Waals surface area contributed by atoms with Crippen LogP contribution in [0.1, 0.15) is 48.0 Å². The zero-order valence-corrected chi connectivity index (χ0v) is 11.5. The molecule has 0 rings (SSSR count). The first-order valence-electron chi connectivity index (χ1n) is 6.32. The van der Waals surface area contributed by atoms with E-state index in [1.165, 1.54) is 0 Å². The number of hydrogen-bond acceptors (Lipinski definition) is 2. The van der Waals surface area contributed by atoms with E-state index in [0.29, 0.717) is 18.0 Å². The summed E-state index contributed by atoms with van der Waals surface area (Å²) in [6, 6.07) is 0.928. The minimum atomic E-state index is 0.325. The largest absolute Gasteiger partial charge is 0.327 e. The monoisotopic (exact) mass is 214 g/mol. The Hall–Kier alpha value is -0.0800. The van der Waals surface area contributed by atoms with Gasteiger partial charge in [0.05, 0.1) is 0 Å². The summed E-state index contributed by atoms with van der Waals surface area (Å²) in [7, 11) is 0. The third-order valence-corrected chi connectivity index (χ3v) is 2.57. The van der Waals surface area contributed by atoms with Gasteiger partial charge in [-0.1, -0.05) is 27.7 Å². The molecular weight excluding hydrogens is 184 g/mol. The lowest BCUT2D eigenvalue weighted by atomic mass is 10.0. The lowest BCUT2D eigenvalue weighted by Crippen LogP contribution is -2.43. The quantitative estimate of drug-likeness (QED) is 0.706. The van der Waals surface area contributed by atoms with E-state index < -0.39 is 0 Å². The zero-order valence-electron chi connectivity index (χ0n) is 11.5. The van der Waals surface area contributed by atoms with Crippen molar-refractivity contribution < 1.29 is 0 Å². The summed E-state index contributed by atoms with van der Waals surface area (Å²) in [6.45, 7) is 15.7. The molecule has 0 heterocycles. The van der Waals surface area contributed by atoms with E-state index >= 15 is 0 Å². The molecule has 2 heteroatoms. The second kappa shape index (κ2) is 7.24. The molecule has 0 aliphatic carbocycles. The van der Waals surface area contributed by atoms with Crippen molar-refractivity contribution in [1.29, 1.82) is 0 Å². The van der Waals surface area contributed by atoms with Crippen LogP contribution in [0, 0.1) is 11.8 Å². The normalized spacial score (nSPS) is 14.6. The molecule has 0 aromatic heterocycles. The molecule has 0 amide bonds. The summed E-state index contributed by atoms with van der Waals surface area (Å²) in [5.41, 5.74) is 6.15. The molecule has 0 aliphatic heterocycles. The van der Waals surface area contributed by atoms with Crippen LogP contribution < -0.4 is 5.73 Å². The van der Waals surface area contributed by atoms with Crippen LogP contribution in [0.2, 0.25) is 0 Å². The van der Waals surface area contributed by atoms with Gasteiger partial charge in [-0.05, 0) is 32.1 Å². The van der Waals surface area contributed by atoms with E-state index in [0.717, 1.165) is 25.4 Å². The van der Waals surface area contributed by atoms with Crippen molar-refractivity contribution in [1.82, 2.24) is 4.90 Å². The fourth-order valence-electron chi connectivity index (χ4n) is 1.95. The standard InChI is InChI=1S/C13H30N2/c1-10(2)7-13(14)9-15(12(5)6)8-11(3)4/h10-13H,7-9,14H2,1-6H3. The highest BCUT2D eigenvalue weighted by atomic mass is 15.2. The Kier molecular flexibility index (Phi) is 7.20. The molecule has 15 heavy (non-hydrogen) atoms. The van der Waals surface area contributed by atoms with Crippen molar-refractivity contribution in [3.63, 3.8) is 0 Å². The Morgan fingerprint density at radius 2 is 1.40 bits per heavy atom. The van der Waals surface area contributed by atoms with Gasteiger partial charge in [-0.2, -0.15) is 0 Å². The van der Waals surface area contributed by atoms with Crippen molar-refractivity contribution >= 4 is 0 Å². The smallest absolute Gasteiger partial charge is 0.0170 e. The fraction of sp³-hybridized carbons (Fsp3) is 1.00. The summed E-state index contributed by atoms with van der Waals surface area (Å²) < 4.78 is 0. The predicted octanol–water partition coefficient (Wildman–Crippen LogP) is 2.73. The summed E-state index contributed by atoms with van der Waals surface area (Å²) in [5.74, 6) is 1.42. The van der Waals surface area contributed by atoms with Crippen LogP contribution in [-0.4, -0.2) is 30.1 Å². The Labute approximate surface area is 96.2 Å². The maximum atomic E-state index is 6.15. The van der Waals surface area contributed by atoms with Crippen LogP contribution in [0.15, 0.2) is 0 Å². The molecule has 0 bridgehead atoms. The molecule has 0 radical (unpaired) electrons. The van der Waals surface area contributed by atoms with Crippen LogP contribution in [-0.2, 0) is 0 Å². The van der Waals surface area contributed by atoms with Gasteiger partial charge in [0.15, 0.2) is 0 Å². The lowest BCUT2D eigenvalue weighted by molar-refractivity contribution is 0.180. The Morgan fingerprint density at radius 1 is 0.867 bits per heavy atom. The van der Waals surface area contributed by atoms with Crippen LogP contribution in [0.4, 0.5) is 0 Å². The second-order valence-electron chi connectivity index (χ2n) is 5.83. The fourth-order valence-corrected chi connectivity index (χ4v) is 1.95. The molecule has 0 saturated carbocycles. The second-order valence-corrected chi connectivity index (χ2v) is 5.83. The van der Waals surface area contributed by atoms with Crippen LogP contribution >= 0.6 is 0 Å². The summed E-state index contributed by atoms with van der Waals surface area (Å²) >= 11 is 0. The molecule has 0 aliphatic rings. The first-order chi connectivity index (χ1) is 6.82. The van der Waals surface area contributed by atoms with E-state index in [-0.39, 0.29) is 0 Å². The van der Waals surface area contributed by atoms with Gasteiger partial charge in [0, 0.05) is 25.2 Å². The molecule has 0 aromatic carbocycles. The van der Waals surface area contributed by atoms with E-state index in [2.05, 4.69) is 46.4 Å². The highest BCUT2D eigenvalue weighted by Gasteiger charge is 2.15.